The van der Waals surface area contributed by atoms with Crippen LogP contribution in [-0.2, 0) is 9.84 Å². The smallest absolute Gasteiger partial charge is 0.321 e. The number of hydrogen-bond acceptors (Lipinski definition) is 4. The van der Waals surface area contributed by atoms with Crippen molar-refractivity contribution in [2.24, 2.45) is 0 Å². The summed E-state index contributed by atoms with van der Waals surface area (Å²) in [6, 6.07) is 4.80. The standard InChI is InChI=1S/C15H19Cl2N3O3S/c16-11-1-2-14(13(17)9-11)18-15(21)20-6-4-19(5-7-20)12-3-8-24(22,23)10-12/h1-2,9,12H,3-8,10H2,(H,18,21). The van der Waals surface area contributed by atoms with E-state index < -0.39 is 9.84 Å². The Hall–Kier alpha value is -1.02. The Morgan fingerprint density at radius 1 is 1.17 bits per heavy atom. The minimum atomic E-state index is -2.88. The summed E-state index contributed by atoms with van der Waals surface area (Å²) in [6.07, 6.45) is 0.689. The average Bonchev–Trinajstić information content (AvgIpc) is 2.90. The normalized spacial score (nSPS) is 24.1. The minimum absolute atomic E-state index is 0.0888. The van der Waals surface area contributed by atoms with E-state index in [0.29, 0.717) is 48.3 Å². The summed E-state index contributed by atoms with van der Waals surface area (Å²) < 4.78 is 23.2. The molecule has 0 saturated carbocycles. The molecule has 2 amide bonds. The molecule has 2 heterocycles. The van der Waals surface area contributed by atoms with Gasteiger partial charge in [-0.15, -0.1) is 0 Å². The molecule has 0 bridgehead atoms. The fourth-order valence-corrected chi connectivity index (χ4v) is 5.36. The van der Waals surface area contributed by atoms with E-state index in [1.807, 2.05) is 0 Å². The van der Waals surface area contributed by atoms with Crippen LogP contribution in [0, 0.1) is 0 Å². The average molecular weight is 392 g/mol. The Morgan fingerprint density at radius 2 is 1.88 bits per heavy atom. The first-order valence-electron chi connectivity index (χ1n) is 7.79. The van der Waals surface area contributed by atoms with Crippen molar-refractivity contribution in [3.8, 4) is 0 Å². The maximum absolute atomic E-state index is 12.3. The molecule has 1 atom stereocenters. The van der Waals surface area contributed by atoms with Crippen LogP contribution in [0.5, 0.6) is 0 Å². The molecular formula is C15H19Cl2N3O3S. The molecule has 2 aliphatic heterocycles. The largest absolute Gasteiger partial charge is 0.322 e. The highest BCUT2D eigenvalue weighted by Gasteiger charge is 2.34. The SMILES string of the molecule is O=C(Nc1ccc(Cl)cc1Cl)N1CCN(C2CCS(=O)(=O)C2)CC1. The van der Waals surface area contributed by atoms with Gasteiger partial charge in [-0.25, -0.2) is 13.2 Å². The predicted molar refractivity (Wildman–Crippen MR) is 95.7 cm³/mol. The number of amides is 2. The van der Waals surface area contributed by atoms with Crippen LogP contribution in [0.3, 0.4) is 0 Å². The van der Waals surface area contributed by atoms with Gasteiger partial charge in [0.1, 0.15) is 0 Å². The van der Waals surface area contributed by atoms with Gasteiger partial charge in [0.2, 0.25) is 0 Å². The van der Waals surface area contributed by atoms with E-state index in [1.54, 1.807) is 23.1 Å². The Morgan fingerprint density at radius 3 is 2.46 bits per heavy atom. The number of rotatable bonds is 2. The van der Waals surface area contributed by atoms with E-state index in [-0.39, 0.29) is 23.6 Å². The summed E-state index contributed by atoms with van der Waals surface area (Å²) in [4.78, 5) is 16.2. The molecule has 2 fully saturated rings. The second-order valence-corrected chi connectivity index (χ2v) is 9.21. The van der Waals surface area contributed by atoms with Gasteiger partial charge in [0, 0.05) is 37.2 Å². The van der Waals surface area contributed by atoms with Crippen molar-refractivity contribution in [1.29, 1.82) is 0 Å². The zero-order valence-electron chi connectivity index (χ0n) is 13.0. The van der Waals surface area contributed by atoms with Crippen LogP contribution in [0.15, 0.2) is 18.2 Å². The molecule has 0 aliphatic carbocycles. The second-order valence-electron chi connectivity index (χ2n) is 6.13. The molecule has 2 aliphatic rings. The Labute approximate surface area is 151 Å². The molecule has 1 aromatic carbocycles. The van der Waals surface area contributed by atoms with Gasteiger partial charge in [0.25, 0.3) is 0 Å². The zero-order chi connectivity index (χ0) is 17.3. The van der Waals surface area contributed by atoms with Crippen LogP contribution in [0.2, 0.25) is 10.0 Å². The lowest BCUT2D eigenvalue weighted by Gasteiger charge is -2.37. The van der Waals surface area contributed by atoms with Gasteiger partial charge in [-0.05, 0) is 24.6 Å². The molecule has 1 aromatic rings. The third kappa shape index (κ3) is 4.14. The fourth-order valence-electron chi connectivity index (χ4n) is 3.14. The van der Waals surface area contributed by atoms with Crippen LogP contribution >= 0.6 is 23.2 Å². The summed E-state index contributed by atoms with van der Waals surface area (Å²) in [5.74, 6) is 0.507. The number of piperazine rings is 1. The number of hydrogen-bond donors (Lipinski definition) is 1. The number of carbonyl (C=O) groups is 1. The first-order valence-corrected chi connectivity index (χ1v) is 10.4. The number of anilines is 1. The molecule has 6 nitrogen and oxygen atoms in total. The van der Waals surface area contributed by atoms with Gasteiger partial charge in [-0.3, -0.25) is 4.90 Å². The van der Waals surface area contributed by atoms with Gasteiger partial charge >= 0.3 is 6.03 Å². The Kier molecular flexibility index (Phi) is 5.24. The quantitative estimate of drug-likeness (QED) is 0.839. The van der Waals surface area contributed by atoms with E-state index >= 15 is 0 Å². The van der Waals surface area contributed by atoms with E-state index in [1.165, 1.54) is 0 Å². The molecule has 24 heavy (non-hydrogen) atoms. The van der Waals surface area contributed by atoms with Crippen molar-refractivity contribution in [3.05, 3.63) is 28.2 Å². The Bertz CT molecular complexity index is 733. The monoisotopic (exact) mass is 391 g/mol. The minimum Gasteiger partial charge on any atom is -0.322 e. The van der Waals surface area contributed by atoms with E-state index in [0.717, 1.165) is 0 Å². The van der Waals surface area contributed by atoms with Crippen LogP contribution < -0.4 is 5.32 Å². The fraction of sp³-hybridized carbons (Fsp3) is 0.533. The van der Waals surface area contributed by atoms with Crippen molar-refractivity contribution in [2.75, 3.05) is 43.0 Å². The van der Waals surface area contributed by atoms with Gasteiger partial charge < -0.3 is 10.2 Å². The van der Waals surface area contributed by atoms with Crippen molar-refractivity contribution >= 4 is 44.8 Å². The molecule has 3 rings (SSSR count). The maximum Gasteiger partial charge on any atom is 0.321 e. The molecular weight excluding hydrogens is 373 g/mol. The lowest BCUT2D eigenvalue weighted by Crippen LogP contribution is -2.53. The topological polar surface area (TPSA) is 69.7 Å². The molecule has 0 spiro atoms. The van der Waals surface area contributed by atoms with Gasteiger partial charge in [-0.2, -0.15) is 0 Å². The van der Waals surface area contributed by atoms with Gasteiger partial charge in [0.05, 0.1) is 22.2 Å². The number of sulfone groups is 1. The molecule has 2 saturated heterocycles. The lowest BCUT2D eigenvalue weighted by atomic mass is 10.2. The number of benzene rings is 1. The molecule has 0 aromatic heterocycles. The highest BCUT2D eigenvalue weighted by Crippen LogP contribution is 2.26. The molecule has 132 valence electrons. The van der Waals surface area contributed by atoms with E-state index in [9.17, 15) is 13.2 Å². The molecule has 1 unspecified atom stereocenters. The maximum atomic E-state index is 12.3. The first-order chi connectivity index (χ1) is 11.3. The summed E-state index contributed by atoms with van der Waals surface area (Å²) in [5, 5.41) is 3.69. The summed E-state index contributed by atoms with van der Waals surface area (Å²) >= 11 is 11.9. The van der Waals surface area contributed by atoms with Crippen molar-refractivity contribution < 1.29 is 13.2 Å². The van der Waals surface area contributed by atoms with Crippen LogP contribution in [0.25, 0.3) is 0 Å². The number of nitrogens with one attached hydrogen (secondary N) is 1. The van der Waals surface area contributed by atoms with E-state index in [4.69, 9.17) is 23.2 Å². The van der Waals surface area contributed by atoms with Gasteiger partial charge in [0.15, 0.2) is 9.84 Å². The third-order valence-corrected chi connectivity index (χ3v) is 6.80. The van der Waals surface area contributed by atoms with Crippen molar-refractivity contribution in [2.45, 2.75) is 12.5 Å². The summed E-state index contributed by atoms with van der Waals surface area (Å²) in [6.45, 7) is 2.49. The zero-order valence-corrected chi connectivity index (χ0v) is 15.4. The first kappa shape index (κ1) is 17.8. The van der Waals surface area contributed by atoms with Crippen LogP contribution in [0.1, 0.15) is 6.42 Å². The summed E-state index contributed by atoms with van der Waals surface area (Å²) in [7, 11) is -2.88. The number of urea groups is 1. The second kappa shape index (κ2) is 7.07. The van der Waals surface area contributed by atoms with Crippen molar-refractivity contribution in [1.82, 2.24) is 9.80 Å². The lowest BCUT2D eigenvalue weighted by molar-refractivity contribution is 0.121. The Balaban J connectivity index is 1.53. The van der Waals surface area contributed by atoms with Crippen LogP contribution in [-0.4, -0.2) is 68.0 Å². The van der Waals surface area contributed by atoms with Crippen LogP contribution in [0.4, 0.5) is 10.5 Å². The number of carbonyl (C=O) groups excluding carboxylic acids is 1. The highest BCUT2D eigenvalue weighted by atomic mass is 35.5. The van der Waals surface area contributed by atoms with E-state index in [2.05, 4.69) is 10.2 Å². The van der Waals surface area contributed by atoms with Crippen molar-refractivity contribution in [3.63, 3.8) is 0 Å². The predicted octanol–water partition coefficient (Wildman–Crippen LogP) is 2.33. The highest BCUT2D eigenvalue weighted by molar-refractivity contribution is 7.91. The molecule has 9 heteroatoms. The number of halogens is 2. The number of nitrogens with zero attached hydrogens (tertiary/aromatic N) is 2. The third-order valence-electron chi connectivity index (χ3n) is 4.50. The molecule has 1 N–H and O–H groups in total. The summed E-state index contributed by atoms with van der Waals surface area (Å²) in [5.41, 5.74) is 0.524. The van der Waals surface area contributed by atoms with Gasteiger partial charge in [-0.1, -0.05) is 23.2 Å². The molecule has 0 radical (unpaired) electrons.